The van der Waals surface area contributed by atoms with Gasteiger partial charge in [-0.25, -0.2) is 9.18 Å². The fraction of sp³-hybridized carbons (Fsp3) is 0.250. The van der Waals surface area contributed by atoms with Gasteiger partial charge in [-0.2, -0.15) is 0 Å². The second-order valence-corrected chi connectivity index (χ2v) is 6.20. The number of nitrogens with one attached hydrogen (secondary N) is 1. The molecule has 2 aromatic carbocycles. The molecule has 0 aliphatic rings. The van der Waals surface area contributed by atoms with Crippen LogP contribution in [0.2, 0.25) is 0 Å². The SMILES string of the molecule is C[C@H](c1cc2ccccc2o1)N(C)C(=O)N[C@H](C)c1cccc(F)c1. The minimum Gasteiger partial charge on any atom is -0.459 e. The molecular formula is C20H21FN2O2. The predicted molar refractivity (Wildman–Crippen MR) is 95.7 cm³/mol. The summed E-state index contributed by atoms with van der Waals surface area (Å²) in [7, 11) is 1.71. The van der Waals surface area contributed by atoms with Crippen LogP contribution in [0.5, 0.6) is 0 Å². The van der Waals surface area contributed by atoms with E-state index in [9.17, 15) is 9.18 Å². The standard InChI is InChI=1S/C20H21FN2O2/c1-13(15-8-6-9-17(21)11-15)22-20(24)23(3)14(2)19-12-16-7-4-5-10-18(16)25-19/h4-14H,1-3H3,(H,22,24)/t13-,14-/m1/s1. The lowest BCUT2D eigenvalue weighted by Crippen LogP contribution is -2.39. The number of fused-ring (bicyclic) bond motifs is 1. The van der Waals surface area contributed by atoms with Crippen molar-refractivity contribution in [1.29, 1.82) is 0 Å². The Labute approximate surface area is 146 Å². The van der Waals surface area contributed by atoms with Gasteiger partial charge in [-0.05, 0) is 43.7 Å². The quantitative estimate of drug-likeness (QED) is 0.723. The van der Waals surface area contributed by atoms with E-state index in [0.717, 1.165) is 22.3 Å². The number of nitrogens with zero attached hydrogens (tertiary/aromatic N) is 1. The zero-order valence-electron chi connectivity index (χ0n) is 14.5. The summed E-state index contributed by atoms with van der Waals surface area (Å²) in [6, 6.07) is 15.1. The third kappa shape index (κ3) is 3.65. The van der Waals surface area contributed by atoms with Crippen molar-refractivity contribution in [2.45, 2.75) is 25.9 Å². The molecule has 1 N–H and O–H groups in total. The van der Waals surface area contributed by atoms with Gasteiger partial charge in [0.1, 0.15) is 17.2 Å². The molecule has 3 rings (SSSR count). The van der Waals surface area contributed by atoms with Crippen LogP contribution in [-0.2, 0) is 0 Å². The van der Waals surface area contributed by atoms with Crippen LogP contribution < -0.4 is 5.32 Å². The molecule has 2 atom stereocenters. The number of amides is 2. The van der Waals surface area contributed by atoms with Crippen molar-refractivity contribution in [3.8, 4) is 0 Å². The van der Waals surface area contributed by atoms with E-state index in [4.69, 9.17) is 4.42 Å². The zero-order valence-corrected chi connectivity index (χ0v) is 14.5. The molecule has 0 unspecified atom stereocenters. The van der Waals surface area contributed by atoms with Gasteiger partial charge in [-0.1, -0.05) is 30.3 Å². The highest BCUT2D eigenvalue weighted by Gasteiger charge is 2.22. The largest absolute Gasteiger partial charge is 0.459 e. The van der Waals surface area contributed by atoms with E-state index in [-0.39, 0.29) is 23.9 Å². The molecule has 3 aromatic rings. The lowest BCUT2D eigenvalue weighted by Gasteiger charge is -2.26. The number of benzene rings is 2. The lowest BCUT2D eigenvalue weighted by molar-refractivity contribution is 0.185. The highest BCUT2D eigenvalue weighted by Crippen LogP contribution is 2.27. The van der Waals surface area contributed by atoms with E-state index in [1.807, 2.05) is 44.2 Å². The van der Waals surface area contributed by atoms with Gasteiger partial charge in [0.25, 0.3) is 0 Å². The summed E-state index contributed by atoms with van der Waals surface area (Å²) in [5.74, 6) is 0.403. The number of carbonyl (C=O) groups is 1. The smallest absolute Gasteiger partial charge is 0.318 e. The average Bonchev–Trinajstić information content (AvgIpc) is 3.04. The molecule has 0 aliphatic carbocycles. The fourth-order valence-corrected chi connectivity index (χ4v) is 2.72. The molecule has 1 aromatic heterocycles. The van der Waals surface area contributed by atoms with E-state index in [0.29, 0.717) is 0 Å². The van der Waals surface area contributed by atoms with Crippen molar-refractivity contribution in [2.75, 3.05) is 7.05 Å². The van der Waals surface area contributed by atoms with Crippen LogP contribution in [0.15, 0.2) is 59.0 Å². The van der Waals surface area contributed by atoms with Crippen LogP contribution in [0.1, 0.15) is 37.3 Å². The Morgan fingerprint density at radius 2 is 1.88 bits per heavy atom. The minimum atomic E-state index is -0.317. The first-order valence-corrected chi connectivity index (χ1v) is 8.23. The van der Waals surface area contributed by atoms with Crippen molar-refractivity contribution in [3.63, 3.8) is 0 Å². The van der Waals surface area contributed by atoms with E-state index >= 15 is 0 Å². The van der Waals surface area contributed by atoms with E-state index in [2.05, 4.69) is 5.32 Å². The number of hydrogen-bond acceptors (Lipinski definition) is 2. The highest BCUT2D eigenvalue weighted by molar-refractivity contribution is 5.78. The van der Waals surface area contributed by atoms with Crippen LogP contribution in [0.25, 0.3) is 11.0 Å². The van der Waals surface area contributed by atoms with E-state index in [1.54, 1.807) is 24.1 Å². The summed E-state index contributed by atoms with van der Waals surface area (Å²) in [6.45, 7) is 3.73. The molecule has 4 nitrogen and oxygen atoms in total. The molecule has 1 heterocycles. The van der Waals surface area contributed by atoms with Crippen molar-refractivity contribution in [2.24, 2.45) is 0 Å². The van der Waals surface area contributed by atoms with Gasteiger partial charge in [0.15, 0.2) is 0 Å². The molecule has 5 heteroatoms. The van der Waals surface area contributed by atoms with Crippen LogP contribution in [0.4, 0.5) is 9.18 Å². The maximum atomic E-state index is 13.3. The summed E-state index contributed by atoms with van der Waals surface area (Å²) in [6.07, 6.45) is 0. The molecule has 25 heavy (non-hydrogen) atoms. The molecule has 0 saturated carbocycles. The topological polar surface area (TPSA) is 45.5 Å². The number of para-hydroxylation sites is 1. The number of rotatable bonds is 4. The molecule has 2 amide bonds. The minimum absolute atomic E-state index is 0.230. The van der Waals surface area contributed by atoms with Gasteiger partial charge in [0, 0.05) is 12.4 Å². The molecule has 0 radical (unpaired) electrons. The second kappa shape index (κ2) is 6.97. The summed E-state index contributed by atoms with van der Waals surface area (Å²) >= 11 is 0. The van der Waals surface area contributed by atoms with E-state index < -0.39 is 0 Å². The monoisotopic (exact) mass is 340 g/mol. The Bertz CT molecular complexity index is 857. The normalized spacial score (nSPS) is 13.4. The summed E-state index contributed by atoms with van der Waals surface area (Å²) in [4.78, 5) is 14.1. The maximum absolute atomic E-state index is 13.3. The third-order valence-electron chi connectivity index (χ3n) is 4.45. The maximum Gasteiger partial charge on any atom is 0.318 e. The number of halogens is 1. The van der Waals surface area contributed by atoms with Gasteiger partial charge in [0.05, 0.1) is 12.1 Å². The van der Waals surface area contributed by atoms with Crippen LogP contribution in [0.3, 0.4) is 0 Å². The first kappa shape index (κ1) is 17.0. The Hall–Kier alpha value is -2.82. The van der Waals surface area contributed by atoms with Gasteiger partial charge in [0.2, 0.25) is 0 Å². The molecule has 0 bridgehead atoms. The van der Waals surface area contributed by atoms with Crippen molar-refractivity contribution in [3.05, 3.63) is 71.7 Å². The second-order valence-electron chi connectivity index (χ2n) is 6.20. The third-order valence-corrected chi connectivity index (χ3v) is 4.45. The first-order valence-electron chi connectivity index (χ1n) is 8.23. The van der Waals surface area contributed by atoms with Crippen LogP contribution in [-0.4, -0.2) is 18.0 Å². The summed E-state index contributed by atoms with van der Waals surface area (Å²) < 4.78 is 19.2. The average molecular weight is 340 g/mol. The zero-order chi connectivity index (χ0) is 18.0. The van der Waals surface area contributed by atoms with E-state index in [1.165, 1.54) is 12.1 Å². The molecule has 0 saturated heterocycles. The van der Waals surface area contributed by atoms with Crippen molar-refractivity contribution >= 4 is 17.0 Å². The number of urea groups is 1. The molecule has 0 fully saturated rings. The molecule has 0 spiro atoms. The lowest BCUT2D eigenvalue weighted by atomic mass is 10.1. The van der Waals surface area contributed by atoms with Gasteiger partial charge in [-0.3, -0.25) is 0 Å². The van der Waals surface area contributed by atoms with Crippen LogP contribution >= 0.6 is 0 Å². The van der Waals surface area contributed by atoms with Gasteiger partial charge in [-0.15, -0.1) is 0 Å². The Balaban J connectivity index is 1.70. The number of carbonyl (C=O) groups excluding carboxylic acids is 1. The molecule has 0 aliphatic heterocycles. The van der Waals surface area contributed by atoms with Gasteiger partial charge >= 0.3 is 6.03 Å². The van der Waals surface area contributed by atoms with Crippen LogP contribution in [0, 0.1) is 5.82 Å². The predicted octanol–water partition coefficient (Wildman–Crippen LogP) is 5.04. The van der Waals surface area contributed by atoms with Crippen molar-refractivity contribution < 1.29 is 13.6 Å². The summed E-state index contributed by atoms with van der Waals surface area (Å²) in [5.41, 5.74) is 1.52. The fourth-order valence-electron chi connectivity index (χ4n) is 2.72. The number of hydrogen-bond donors (Lipinski definition) is 1. The van der Waals surface area contributed by atoms with Crippen molar-refractivity contribution in [1.82, 2.24) is 10.2 Å². The Kier molecular flexibility index (Phi) is 4.74. The first-order chi connectivity index (χ1) is 12.0. The molecule has 130 valence electrons. The highest BCUT2D eigenvalue weighted by atomic mass is 19.1. The Morgan fingerprint density at radius 3 is 2.60 bits per heavy atom. The Morgan fingerprint density at radius 1 is 1.12 bits per heavy atom. The molecular weight excluding hydrogens is 319 g/mol. The van der Waals surface area contributed by atoms with Gasteiger partial charge < -0.3 is 14.6 Å². The number of furan rings is 1. The summed E-state index contributed by atoms with van der Waals surface area (Å²) in [5, 5.41) is 3.89.